The Morgan fingerprint density at radius 1 is 1.35 bits per heavy atom. The molecule has 0 saturated carbocycles. The molecule has 0 aliphatic rings. The Morgan fingerprint density at radius 3 is 2.48 bits per heavy atom. The summed E-state index contributed by atoms with van der Waals surface area (Å²) in [5.74, 6) is -1.61. The highest BCUT2D eigenvalue weighted by Gasteiger charge is 2.23. The van der Waals surface area contributed by atoms with Crippen molar-refractivity contribution in [1.82, 2.24) is 9.80 Å². The minimum Gasteiger partial charge on any atom is -0.481 e. The summed E-state index contributed by atoms with van der Waals surface area (Å²) < 4.78 is 13.7. The van der Waals surface area contributed by atoms with Gasteiger partial charge >= 0.3 is 5.97 Å². The van der Waals surface area contributed by atoms with Crippen molar-refractivity contribution in [3.8, 4) is 0 Å². The minimum absolute atomic E-state index is 0. The zero-order valence-corrected chi connectivity index (χ0v) is 14.8. The van der Waals surface area contributed by atoms with Gasteiger partial charge in [-0.2, -0.15) is 0 Å². The molecular weight excluding hydrogens is 346 g/mol. The van der Waals surface area contributed by atoms with Crippen LogP contribution in [0.5, 0.6) is 0 Å². The fraction of sp³-hybridized carbons (Fsp3) is 0.467. The molecule has 1 amide bonds. The second kappa shape index (κ2) is 9.70. The van der Waals surface area contributed by atoms with Gasteiger partial charge in [0.2, 0.25) is 5.91 Å². The zero-order valence-electron chi connectivity index (χ0n) is 13.3. The number of benzene rings is 1. The lowest BCUT2D eigenvalue weighted by atomic mass is 10.1. The number of rotatable bonds is 7. The molecule has 1 unspecified atom stereocenters. The maximum absolute atomic E-state index is 13.7. The molecule has 1 N–H and O–H groups in total. The number of aliphatic carboxylic acids is 1. The minimum atomic E-state index is -0.919. The molecule has 1 aromatic carbocycles. The number of hydrogen-bond donors (Lipinski definition) is 1. The van der Waals surface area contributed by atoms with Crippen molar-refractivity contribution >= 4 is 35.9 Å². The van der Waals surface area contributed by atoms with Crippen LogP contribution in [-0.2, 0) is 16.1 Å². The Labute approximate surface area is 146 Å². The molecule has 0 aliphatic heterocycles. The molecule has 0 fully saturated rings. The van der Waals surface area contributed by atoms with Crippen molar-refractivity contribution in [2.75, 3.05) is 20.6 Å². The van der Waals surface area contributed by atoms with Crippen LogP contribution in [0.2, 0.25) is 5.02 Å². The third-order valence-corrected chi connectivity index (χ3v) is 3.88. The van der Waals surface area contributed by atoms with Crippen molar-refractivity contribution in [3.63, 3.8) is 0 Å². The topological polar surface area (TPSA) is 60.9 Å². The zero-order chi connectivity index (χ0) is 16.9. The van der Waals surface area contributed by atoms with E-state index in [9.17, 15) is 14.0 Å². The summed E-state index contributed by atoms with van der Waals surface area (Å²) in [6.07, 6.45) is -0.0447. The SMILES string of the molecule is CC(C(=O)N(C)Cc1c(F)cccc1Cl)N(C)CCC(=O)O.Cl. The molecule has 0 heterocycles. The van der Waals surface area contributed by atoms with Gasteiger partial charge in [-0.25, -0.2) is 4.39 Å². The summed E-state index contributed by atoms with van der Waals surface area (Å²) in [4.78, 5) is 25.9. The van der Waals surface area contributed by atoms with E-state index in [1.54, 1.807) is 32.0 Å². The summed E-state index contributed by atoms with van der Waals surface area (Å²) in [7, 11) is 3.24. The highest BCUT2D eigenvalue weighted by atomic mass is 35.5. The van der Waals surface area contributed by atoms with Gasteiger partial charge in [-0.1, -0.05) is 17.7 Å². The van der Waals surface area contributed by atoms with Gasteiger partial charge in [0.15, 0.2) is 0 Å². The number of carbonyl (C=O) groups excluding carboxylic acids is 1. The highest BCUT2D eigenvalue weighted by Crippen LogP contribution is 2.20. The smallest absolute Gasteiger partial charge is 0.304 e. The Balaban J connectivity index is 0.00000484. The molecule has 23 heavy (non-hydrogen) atoms. The van der Waals surface area contributed by atoms with Crippen molar-refractivity contribution in [2.24, 2.45) is 0 Å². The molecule has 0 radical (unpaired) electrons. The van der Waals surface area contributed by atoms with Crippen LogP contribution in [0.15, 0.2) is 18.2 Å². The summed E-state index contributed by atoms with van der Waals surface area (Å²) >= 11 is 5.95. The number of carboxylic acids is 1. The first-order valence-electron chi connectivity index (χ1n) is 6.84. The van der Waals surface area contributed by atoms with E-state index in [1.807, 2.05) is 0 Å². The maximum Gasteiger partial charge on any atom is 0.304 e. The van der Waals surface area contributed by atoms with Crippen LogP contribution < -0.4 is 0 Å². The predicted octanol–water partition coefficient (Wildman–Crippen LogP) is 2.65. The van der Waals surface area contributed by atoms with Crippen molar-refractivity contribution in [1.29, 1.82) is 0 Å². The highest BCUT2D eigenvalue weighted by molar-refractivity contribution is 6.31. The summed E-state index contributed by atoms with van der Waals surface area (Å²) in [5.41, 5.74) is 0.264. The Morgan fingerprint density at radius 2 is 1.96 bits per heavy atom. The van der Waals surface area contributed by atoms with E-state index >= 15 is 0 Å². The first-order chi connectivity index (χ1) is 10.2. The van der Waals surface area contributed by atoms with Gasteiger partial charge in [0.1, 0.15) is 5.82 Å². The van der Waals surface area contributed by atoms with E-state index in [4.69, 9.17) is 16.7 Å². The van der Waals surface area contributed by atoms with E-state index in [2.05, 4.69) is 0 Å². The predicted molar refractivity (Wildman–Crippen MR) is 89.5 cm³/mol. The van der Waals surface area contributed by atoms with Gasteiger partial charge in [-0.15, -0.1) is 12.4 Å². The van der Waals surface area contributed by atoms with E-state index < -0.39 is 17.8 Å². The molecule has 0 aliphatic carbocycles. The van der Waals surface area contributed by atoms with E-state index in [-0.39, 0.29) is 48.4 Å². The number of amides is 1. The van der Waals surface area contributed by atoms with Crippen LogP contribution in [0.4, 0.5) is 4.39 Å². The number of hydrogen-bond acceptors (Lipinski definition) is 3. The number of carboxylic acid groups (broad SMARTS) is 1. The lowest BCUT2D eigenvalue weighted by Crippen LogP contribution is -2.44. The number of nitrogens with zero attached hydrogens (tertiary/aromatic N) is 2. The fourth-order valence-electron chi connectivity index (χ4n) is 1.97. The molecule has 0 saturated heterocycles. The molecular formula is C15H21Cl2FN2O3. The van der Waals surface area contributed by atoms with Gasteiger partial charge in [-0.3, -0.25) is 14.5 Å². The van der Waals surface area contributed by atoms with Crippen LogP contribution in [0, 0.1) is 5.82 Å². The van der Waals surface area contributed by atoms with Gasteiger partial charge in [0, 0.05) is 30.7 Å². The Kier molecular flexibility index (Phi) is 9.12. The molecule has 1 aromatic rings. The first kappa shape index (κ1) is 21.6. The third-order valence-electron chi connectivity index (χ3n) is 3.53. The lowest BCUT2D eigenvalue weighted by molar-refractivity contribution is -0.139. The van der Waals surface area contributed by atoms with Gasteiger partial charge < -0.3 is 10.0 Å². The average molecular weight is 367 g/mol. The standard InChI is InChI=1S/C15H20ClFN2O3.ClH/c1-10(18(2)8-7-14(20)21)15(22)19(3)9-11-12(16)5-4-6-13(11)17;/h4-6,10H,7-9H2,1-3H3,(H,20,21);1H. The second-order valence-corrected chi connectivity index (χ2v) is 5.60. The van der Waals surface area contributed by atoms with E-state index in [0.717, 1.165) is 0 Å². The molecule has 0 spiro atoms. The van der Waals surface area contributed by atoms with Gasteiger partial charge in [-0.05, 0) is 26.1 Å². The average Bonchev–Trinajstić information content (AvgIpc) is 2.46. The second-order valence-electron chi connectivity index (χ2n) is 5.19. The fourth-order valence-corrected chi connectivity index (χ4v) is 2.19. The monoisotopic (exact) mass is 366 g/mol. The van der Waals surface area contributed by atoms with Gasteiger partial charge in [0.25, 0.3) is 0 Å². The van der Waals surface area contributed by atoms with Crippen LogP contribution in [0.1, 0.15) is 18.9 Å². The maximum atomic E-state index is 13.7. The number of carbonyl (C=O) groups is 2. The summed E-state index contributed by atoms with van der Waals surface area (Å²) in [6, 6.07) is 3.86. The summed E-state index contributed by atoms with van der Waals surface area (Å²) in [6.45, 7) is 2.00. The molecule has 130 valence electrons. The largest absolute Gasteiger partial charge is 0.481 e. The molecule has 5 nitrogen and oxygen atoms in total. The Hall–Kier alpha value is -1.37. The molecule has 1 atom stereocenters. The molecule has 0 bridgehead atoms. The van der Waals surface area contributed by atoms with Gasteiger partial charge in [0.05, 0.1) is 12.5 Å². The number of likely N-dealkylation sites (N-methyl/N-ethyl adjacent to an activating group) is 2. The van der Waals surface area contributed by atoms with E-state index in [0.29, 0.717) is 0 Å². The van der Waals surface area contributed by atoms with Crippen molar-refractivity contribution in [2.45, 2.75) is 25.9 Å². The van der Waals surface area contributed by atoms with E-state index in [1.165, 1.54) is 17.0 Å². The Bertz CT molecular complexity index is 537. The van der Waals surface area contributed by atoms with Crippen LogP contribution >= 0.6 is 24.0 Å². The van der Waals surface area contributed by atoms with Crippen LogP contribution in [0.3, 0.4) is 0 Å². The van der Waals surface area contributed by atoms with Crippen molar-refractivity contribution in [3.05, 3.63) is 34.6 Å². The lowest BCUT2D eigenvalue weighted by Gasteiger charge is -2.28. The summed E-state index contributed by atoms with van der Waals surface area (Å²) in [5, 5.41) is 8.94. The molecule has 8 heteroatoms. The normalized spacial score (nSPS) is 11.7. The number of halogens is 3. The molecule has 0 aromatic heterocycles. The molecule has 1 rings (SSSR count). The van der Waals surface area contributed by atoms with Crippen LogP contribution in [-0.4, -0.2) is 53.5 Å². The quantitative estimate of drug-likeness (QED) is 0.805. The first-order valence-corrected chi connectivity index (χ1v) is 7.21. The van der Waals surface area contributed by atoms with Crippen LogP contribution in [0.25, 0.3) is 0 Å². The van der Waals surface area contributed by atoms with Crippen molar-refractivity contribution < 1.29 is 19.1 Å². The third kappa shape index (κ3) is 6.33.